The van der Waals surface area contributed by atoms with E-state index in [2.05, 4.69) is 46.8 Å². The minimum atomic E-state index is -1.03. The van der Waals surface area contributed by atoms with Crippen LogP contribution in [0.5, 0.6) is 0 Å². The van der Waals surface area contributed by atoms with E-state index in [1.807, 2.05) is 18.2 Å². The molecule has 0 saturated carbocycles. The second kappa shape index (κ2) is 6.13. The number of benzene rings is 1. The quantitative estimate of drug-likeness (QED) is 0.575. The molecule has 2 aromatic heterocycles. The van der Waals surface area contributed by atoms with Gasteiger partial charge < -0.3 is 15.8 Å². The zero-order valence-electron chi connectivity index (χ0n) is 11.5. The number of carboxylic acid groups (broad SMARTS) is 1. The van der Waals surface area contributed by atoms with Crippen LogP contribution < -0.4 is 5.73 Å². The van der Waals surface area contributed by atoms with Gasteiger partial charge in [0.15, 0.2) is 0 Å². The van der Waals surface area contributed by atoms with Crippen molar-refractivity contribution in [2.75, 3.05) is 5.73 Å². The molecule has 4 N–H and O–H groups in total. The molecular formula is C15H10Br2N4O2. The average molecular weight is 438 g/mol. The summed E-state index contributed by atoms with van der Waals surface area (Å²) in [5.74, 6) is -0.907. The smallest absolute Gasteiger partial charge is 0.337 e. The fraction of sp³-hybridized carbons (Fsp3) is 0. The molecule has 23 heavy (non-hydrogen) atoms. The second-order valence-electron chi connectivity index (χ2n) is 4.68. The van der Waals surface area contributed by atoms with Crippen LogP contribution in [0.2, 0.25) is 0 Å². The first-order chi connectivity index (χ1) is 11.0. The van der Waals surface area contributed by atoms with E-state index in [4.69, 9.17) is 5.73 Å². The van der Waals surface area contributed by atoms with Gasteiger partial charge in [0.2, 0.25) is 5.95 Å². The molecule has 3 aromatic rings. The number of carboxylic acids is 1. The summed E-state index contributed by atoms with van der Waals surface area (Å²) in [6, 6.07) is 8.72. The number of aromatic amines is 1. The number of nitrogens with zero attached hydrogens (tertiary/aromatic N) is 2. The molecule has 6 nitrogen and oxygen atoms in total. The predicted molar refractivity (Wildman–Crippen MR) is 94.0 cm³/mol. The summed E-state index contributed by atoms with van der Waals surface area (Å²) in [6.07, 6.45) is 1.52. The van der Waals surface area contributed by atoms with Crippen LogP contribution in [-0.4, -0.2) is 26.0 Å². The zero-order chi connectivity index (χ0) is 16.6. The third-order valence-electron chi connectivity index (χ3n) is 3.22. The Morgan fingerprint density at radius 1 is 1.26 bits per heavy atom. The number of H-pyrrole nitrogens is 1. The van der Waals surface area contributed by atoms with Crippen LogP contribution in [-0.2, 0) is 0 Å². The summed E-state index contributed by atoms with van der Waals surface area (Å²) in [6.45, 7) is 0. The van der Waals surface area contributed by atoms with Crippen LogP contribution in [0, 0.1) is 0 Å². The maximum atomic E-state index is 11.6. The van der Waals surface area contributed by atoms with Gasteiger partial charge >= 0.3 is 5.97 Å². The van der Waals surface area contributed by atoms with Gasteiger partial charge in [0, 0.05) is 20.7 Å². The maximum Gasteiger partial charge on any atom is 0.337 e. The number of rotatable bonds is 3. The minimum Gasteiger partial charge on any atom is -0.478 e. The maximum absolute atomic E-state index is 11.6. The summed E-state index contributed by atoms with van der Waals surface area (Å²) >= 11 is 6.89. The number of carbonyl (C=O) groups is 1. The standard InChI is InChI=1S/C15H10Br2N4O2/c16-9-3-1-2-7(12(9)17)13-8(14(22)23)6-11(20-13)10-4-5-19-15(18)21-10/h1-6,20H,(H,22,23)(H2,18,19,21). The van der Waals surface area contributed by atoms with Gasteiger partial charge in [0.25, 0.3) is 0 Å². The van der Waals surface area contributed by atoms with Gasteiger partial charge in [-0.25, -0.2) is 14.8 Å². The lowest BCUT2D eigenvalue weighted by molar-refractivity contribution is 0.0698. The predicted octanol–water partition coefficient (Wildman–Crippen LogP) is 3.94. The Hall–Kier alpha value is -2.19. The number of nitrogen functional groups attached to an aromatic ring is 1. The van der Waals surface area contributed by atoms with Crippen molar-refractivity contribution in [1.82, 2.24) is 15.0 Å². The van der Waals surface area contributed by atoms with Crippen molar-refractivity contribution in [2.24, 2.45) is 0 Å². The largest absolute Gasteiger partial charge is 0.478 e. The van der Waals surface area contributed by atoms with Gasteiger partial charge in [-0.3, -0.25) is 0 Å². The van der Waals surface area contributed by atoms with Crippen LogP contribution in [0.1, 0.15) is 10.4 Å². The van der Waals surface area contributed by atoms with Crippen molar-refractivity contribution in [2.45, 2.75) is 0 Å². The first-order valence-corrected chi connectivity index (χ1v) is 8.05. The van der Waals surface area contributed by atoms with Crippen molar-refractivity contribution in [3.63, 3.8) is 0 Å². The lowest BCUT2D eigenvalue weighted by Crippen LogP contribution is -1.97. The number of hydrogen-bond acceptors (Lipinski definition) is 4. The monoisotopic (exact) mass is 436 g/mol. The van der Waals surface area contributed by atoms with Crippen LogP contribution in [0.25, 0.3) is 22.6 Å². The Kier molecular flexibility index (Phi) is 4.18. The van der Waals surface area contributed by atoms with E-state index < -0.39 is 5.97 Å². The summed E-state index contributed by atoms with van der Waals surface area (Å²) in [4.78, 5) is 22.7. The van der Waals surface area contributed by atoms with Crippen molar-refractivity contribution < 1.29 is 9.90 Å². The number of nitrogens with two attached hydrogens (primary N) is 1. The van der Waals surface area contributed by atoms with E-state index in [-0.39, 0.29) is 11.5 Å². The molecule has 0 saturated heterocycles. The molecule has 0 amide bonds. The molecule has 0 radical (unpaired) electrons. The normalized spacial score (nSPS) is 10.7. The molecular weight excluding hydrogens is 428 g/mol. The van der Waals surface area contributed by atoms with E-state index in [1.54, 1.807) is 6.07 Å². The average Bonchev–Trinajstić information content (AvgIpc) is 2.95. The lowest BCUT2D eigenvalue weighted by atomic mass is 10.1. The highest BCUT2D eigenvalue weighted by atomic mass is 79.9. The van der Waals surface area contributed by atoms with E-state index in [0.29, 0.717) is 17.1 Å². The Bertz CT molecular complexity index is 908. The van der Waals surface area contributed by atoms with Crippen LogP contribution in [0.15, 0.2) is 45.5 Å². The first-order valence-electron chi connectivity index (χ1n) is 6.47. The molecule has 0 atom stereocenters. The molecule has 0 aliphatic rings. The van der Waals surface area contributed by atoms with E-state index in [1.165, 1.54) is 12.3 Å². The van der Waals surface area contributed by atoms with Gasteiger partial charge in [0.1, 0.15) is 0 Å². The molecule has 116 valence electrons. The molecule has 8 heteroatoms. The second-order valence-corrected chi connectivity index (χ2v) is 6.33. The van der Waals surface area contributed by atoms with Gasteiger partial charge in [-0.1, -0.05) is 12.1 Å². The van der Waals surface area contributed by atoms with Crippen LogP contribution in [0.4, 0.5) is 5.95 Å². The molecule has 0 unspecified atom stereocenters. The van der Waals surface area contributed by atoms with E-state index in [0.717, 1.165) is 14.5 Å². The van der Waals surface area contributed by atoms with Gasteiger partial charge in [-0.15, -0.1) is 0 Å². The molecule has 0 fully saturated rings. The highest BCUT2D eigenvalue weighted by molar-refractivity contribution is 9.13. The van der Waals surface area contributed by atoms with Crippen molar-refractivity contribution in [3.8, 4) is 22.6 Å². The van der Waals surface area contributed by atoms with Gasteiger partial charge in [0.05, 0.1) is 22.6 Å². The topological polar surface area (TPSA) is 105 Å². The number of nitrogens with one attached hydrogen (secondary N) is 1. The highest BCUT2D eigenvalue weighted by Crippen LogP contribution is 2.36. The van der Waals surface area contributed by atoms with Crippen LogP contribution in [0.3, 0.4) is 0 Å². The Balaban J connectivity index is 2.21. The van der Waals surface area contributed by atoms with Crippen molar-refractivity contribution >= 4 is 43.8 Å². The number of hydrogen-bond donors (Lipinski definition) is 3. The molecule has 1 aromatic carbocycles. The van der Waals surface area contributed by atoms with Gasteiger partial charge in [-0.2, -0.15) is 0 Å². The molecule has 3 rings (SSSR count). The highest BCUT2D eigenvalue weighted by Gasteiger charge is 2.19. The molecule has 0 aliphatic heterocycles. The third-order valence-corrected chi connectivity index (χ3v) is 5.27. The number of anilines is 1. The fourth-order valence-corrected chi connectivity index (χ4v) is 3.02. The third kappa shape index (κ3) is 2.99. The minimum absolute atomic E-state index is 0.124. The summed E-state index contributed by atoms with van der Waals surface area (Å²) in [5, 5.41) is 9.50. The van der Waals surface area contributed by atoms with Crippen molar-refractivity contribution in [1.29, 1.82) is 0 Å². The van der Waals surface area contributed by atoms with Gasteiger partial charge in [-0.05, 0) is 50.1 Å². The lowest BCUT2D eigenvalue weighted by Gasteiger charge is -2.06. The molecule has 0 aliphatic carbocycles. The molecule has 0 spiro atoms. The molecule has 2 heterocycles. The van der Waals surface area contributed by atoms with Crippen molar-refractivity contribution in [3.05, 3.63) is 51.0 Å². The summed E-state index contributed by atoms with van der Waals surface area (Å²) in [7, 11) is 0. The molecule has 0 bridgehead atoms. The Labute approximate surface area is 148 Å². The number of halogens is 2. The summed E-state index contributed by atoms with van der Waals surface area (Å²) in [5.41, 5.74) is 8.03. The summed E-state index contributed by atoms with van der Waals surface area (Å²) < 4.78 is 1.59. The fourth-order valence-electron chi connectivity index (χ4n) is 2.19. The first kappa shape index (κ1) is 15.7. The SMILES string of the molecule is Nc1nccc(-c2cc(C(=O)O)c(-c3cccc(Br)c3Br)[nH]2)n1. The Morgan fingerprint density at radius 3 is 2.74 bits per heavy atom. The van der Waals surface area contributed by atoms with Crippen LogP contribution >= 0.6 is 31.9 Å². The van der Waals surface area contributed by atoms with E-state index >= 15 is 0 Å². The number of aromatic nitrogens is 3. The number of aromatic carboxylic acids is 1. The Morgan fingerprint density at radius 2 is 2.04 bits per heavy atom. The van der Waals surface area contributed by atoms with E-state index in [9.17, 15) is 9.90 Å². The zero-order valence-corrected chi connectivity index (χ0v) is 14.7.